The maximum Gasteiger partial charge on any atom is 0.264 e. The van der Waals surface area contributed by atoms with Crippen LogP contribution >= 0.6 is 11.6 Å². The highest BCUT2D eigenvalue weighted by Crippen LogP contribution is 2.33. The van der Waals surface area contributed by atoms with Gasteiger partial charge in [-0.05, 0) is 54.4 Å². The summed E-state index contributed by atoms with van der Waals surface area (Å²) in [5.41, 5.74) is 0.721. The lowest BCUT2D eigenvalue weighted by molar-refractivity contribution is 0.102. The number of rotatable bonds is 4. The third-order valence-electron chi connectivity index (χ3n) is 4.79. The Labute approximate surface area is 177 Å². The molecule has 0 bridgehead atoms. The lowest BCUT2D eigenvalue weighted by Gasteiger charge is -2.20. The van der Waals surface area contributed by atoms with Gasteiger partial charge < -0.3 is 5.32 Å². The molecular formula is C21H15ClF2N2O3S. The summed E-state index contributed by atoms with van der Waals surface area (Å²) in [5, 5.41) is 2.37. The quantitative estimate of drug-likeness (QED) is 0.633. The minimum absolute atomic E-state index is 0.135. The van der Waals surface area contributed by atoms with Gasteiger partial charge in [0.05, 0.1) is 21.8 Å². The second-order valence-corrected chi connectivity index (χ2v) is 8.97. The largest absolute Gasteiger partial charge is 0.319 e. The smallest absolute Gasteiger partial charge is 0.264 e. The average Bonchev–Trinajstić information content (AvgIpc) is 3.15. The van der Waals surface area contributed by atoms with E-state index in [1.165, 1.54) is 16.4 Å². The second-order valence-electron chi connectivity index (χ2n) is 6.68. The Morgan fingerprint density at radius 2 is 1.77 bits per heavy atom. The van der Waals surface area contributed by atoms with Gasteiger partial charge in [-0.25, -0.2) is 17.2 Å². The van der Waals surface area contributed by atoms with Gasteiger partial charge in [-0.15, -0.1) is 0 Å². The molecule has 0 spiro atoms. The van der Waals surface area contributed by atoms with E-state index in [0.717, 1.165) is 29.8 Å². The number of anilines is 2. The molecule has 1 aliphatic heterocycles. The van der Waals surface area contributed by atoms with Crippen molar-refractivity contribution in [2.24, 2.45) is 0 Å². The molecule has 5 nitrogen and oxygen atoms in total. The summed E-state index contributed by atoms with van der Waals surface area (Å²) < 4.78 is 55.7. The number of hydrogen-bond donors (Lipinski definition) is 1. The molecule has 9 heteroatoms. The Balaban J connectivity index is 1.67. The standard InChI is InChI=1S/C21H15ClF2N2O3S/c22-14-5-8-19(18(24)11-14)25-21(27)16-12-15(6-7-17(16)23)30(28,29)26-10-9-13-3-1-2-4-20(13)26/h1-8,11-12H,9-10H2,(H,25,27). The fourth-order valence-electron chi connectivity index (χ4n) is 3.30. The fraction of sp³-hybridized carbons (Fsp3) is 0.0952. The lowest BCUT2D eigenvalue weighted by Crippen LogP contribution is -2.29. The molecular weight excluding hydrogens is 434 g/mol. The molecule has 0 radical (unpaired) electrons. The van der Waals surface area contributed by atoms with Crippen LogP contribution in [0.25, 0.3) is 0 Å². The minimum Gasteiger partial charge on any atom is -0.319 e. The first-order valence-corrected chi connectivity index (χ1v) is 10.8. The van der Waals surface area contributed by atoms with Crippen LogP contribution in [0.4, 0.5) is 20.2 Å². The first-order chi connectivity index (χ1) is 14.3. The Morgan fingerprint density at radius 3 is 2.53 bits per heavy atom. The van der Waals surface area contributed by atoms with E-state index in [1.54, 1.807) is 12.1 Å². The van der Waals surface area contributed by atoms with Crippen molar-refractivity contribution in [3.63, 3.8) is 0 Å². The number of hydrogen-bond acceptors (Lipinski definition) is 3. The number of carbonyl (C=O) groups is 1. The zero-order valence-electron chi connectivity index (χ0n) is 15.4. The summed E-state index contributed by atoms with van der Waals surface area (Å²) in [7, 11) is -4.02. The zero-order valence-corrected chi connectivity index (χ0v) is 17.0. The summed E-state index contributed by atoms with van der Waals surface area (Å²) in [6.07, 6.45) is 0.555. The van der Waals surface area contributed by atoms with E-state index in [-0.39, 0.29) is 22.2 Å². The normalized spacial score (nSPS) is 13.2. The predicted octanol–water partition coefficient (Wildman–Crippen LogP) is 4.62. The van der Waals surface area contributed by atoms with Gasteiger partial charge in [-0.3, -0.25) is 9.10 Å². The predicted molar refractivity (Wildman–Crippen MR) is 110 cm³/mol. The van der Waals surface area contributed by atoms with Crippen LogP contribution in [-0.4, -0.2) is 20.9 Å². The first kappa shape index (κ1) is 20.3. The van der Waals surface area contributed by atoms with Gasteiger partial charge in [-0.2, -0.15) is 0 Å². The van der Waals surface area contributed by atoms with Gasteiger partial charge in [0, 0.05) is 11.6 Å². The monoisotopic (exact) mass is 448 g/mol. The van der Waals surface area contributed by atoms with Crippen molar-refractivity contribution in [3.05, 3.63) is 88.4 Å². The number of carbonyl (C=O) groups excluding carboxylic acids is 1. The van der Waals surface area contributed by atoms with E-state index >= 15 is 0 Å². The molecule has 0 saturated heterocycles. The molecule has 4 rings (SSSR count). The molecule has 30 heavy (non-hydrogen) atoms. The molecule has 1 amide bonds. The fourth-order valence-corrected chi connectivity index (χ4v) is 4.99. The zero-order chi connectivity index (χ0) is 21.5. The highest BCUT2D eigenvalue weighted by Gasteiger charge is 2.31. The molecule has 1 N–H and O–H groups in total. The van der Waals surface area contributed by atoms with Gasteiger partial charge in [0.25, 0.3) is 15.9 Å². The van der Waals surface area contributed by atoms with Crippen LogP contribution in [0.15, 0.2) is 65.6 Å². The lowest BCUT2D eigenvalue weighted by atomic mass is 10.2. The summed E-state index contributed by atoms with van der Waals surface area (Å²) in [6, 6.07) is 13.6. The van der Waals surface area contributed by atoms with E-state index in [4.69, 9.17) is 11.6 Å². The summed E-state index contributed by atoms with van der Waals surface area (Å²) >= 11 is 5.68. The molecule has 0 fully saturated rings. The summed E-state index contributed by atoms with van der Waals surface area (Å²) in [6.45, 7) is 0.247. The van der Waals surface area contributed by atoms with Crippen LogP contribution < -0.4 is 9.62 Å². The SMILES string of the molecule is O=C(Nc1ccc(Cl)cc1F)c1cc(S(=O)(=O)N2CCc3ccccc32)ccc1F. The molecule has 3 aromatic rings. The van der Waals surface area contributed by atoms with Crippen molar-refractivity contribution >= 4 is 38.9 Å². The number of sulfonamides is 1. The molecule has 0 saturated carbocycles. The minimum atomic E-state index is -4.02. The third-order valence-corrected chi connectivity index (χ3v) is 6.84. The van der Waals surface area contributed by atoms with Gasteiger partial charge in [-0.1, -0.05) is 29.8 Å². The number of halogens is 3. The molecule has 0 aliphatic carbocycles. The third kappa shape index (κ3) is 3.64. The molecule has 0 unspecified atom stereocenters. The molecule has 0 aromatic heterocycles. The Hall–Kier alpha value is -2.97. The van der Waals surface area contributed by atoms with Crippen molar-refractivity contribution in [1.29, 1.82) is 0 Å². The van der Waals surface area contributed by atoms with Crippen LogP contribution in [-0.2, 0) is 16.4 Å². The van der Waals surface area contributed by atoms with Crippen LogP contribution in [0.2, 0.25) is 5.02 Å². The number of nitrogens with zero attached hydrogens (tertiary/aromatic N) is 1. The van der Waals surface area contributed by atoms with Gasteiger partial charge in [0.15, 0.2) is 0 Å². The van der Waals surface area contributed by atoms with E-state index in [2.05, 4.69) is 5.32 Å². The molecule has 0 atom stereocenters. The highest BCUT2D eigenvalue weighted by molar-refractivity contribution is 7.92. The second kappa shape index (κ2) is 7.70. The van der Waals surface area contributed by atoms with Crippen molar-refractivity contribution in [2.75, 3.05) is 16.2 Å². The molecule has 1 aliphatic rings. The van der Waals surface area contributed by atoms with Gasteiger partial charge >= 0.3 is 0 Å². The van der Waals surface area contributed by atoms with Gasteiger partial charge in [0.1, 0.15) is 11.6 Å². The topological polar surface area (TPSA) is 66.5 Å². The van der Waals surface area contributed by atoms with Crippen LogP contribution in [0.1, 0.15) is 15.9 Å². The van der Waals surface area contributed by atoms with Crippen LogP contribution in [0, 0.1) is 11.6 Å². The summed E-state index contributed by atoms with van der Waals surface area (Å²) in [5.74, 6) is -2.70. The first-order valence-electron chi connectivity index (χ1n) is 8.94. The van der Waals surface area contributed by atoms with Crippen LogP contribution in [0.3, 0.4) is 0 Å². The van der Waals surface area contributed by atoms with Crippen molar-refractivity contribution in [2.45, 2.75) is 11.3 Å². The van der Waals surface area contributed by atoms with Crippen molar-refractivity contribution < 1.29 is 22.0 Å². The number of benzene rings is 3. The molecule has 1 heterocycles. The maximum atomic E-state index is 14.3. The van der Waals surface area contributed by atoms with E-state index in [0.29, 0.717) is 12.1 Å². The molecule has 154 valence electrons. The number of fused-ring (bicyclic) bond motifs is 1. The van der Waals surface area contributed by atoms with E-state index in [1.807, 2.05) is 12.1 Å². The van der Waals surface area contributed by atoms with Gasteiger partial charge in [0.2, 0.25) is 0 Å². The number of nitrogens with one attached hydrogen (secondary N) is 1. The average molecular weight is 449 g/mol. The van der Waals surface area contributed by atoms with E-state index < -0.39 is 33.1 Å². The summed E-state index contributed by atoms with van der Waals surface area (Å²) in [4.78, 5) is 12.3. The maximum absolute atomic E-state index is 14.3. The highest BCUT2D eigenvalue weighted by atomic mass is 35.5. The number of para-hydroxylation sites is 1. The number of amides is 1. The van der Waals surface area contributed by atoms with Crippen molar-refractivity contribution in [3.8, 4) is 0 Å². The Morgan fingerprint density at radius 1 is 1.00 bits per heavy atom. The van der Waals surface area contributed by atoms with Crippen LogP contribution in [0.5, 0.6) is 0 Å². The molecule has 3 aromatic carbocycles. The Bertz CT molecular complexity index is 1260. The Kier molecular flexibility index (Phi) is 5.21. The van der Waals surface area contributed by atoms with E-state index in [9.17, 15) is 22.0 Å². The van der Waals surface area contributed by atoms with Crippen molar-refractivity contribution in [1.82, 2.24) is 0 Å².